The summed E-state index contributed by atoms with van der Waals surface area (Å²) in [6, 6.07) is 12.8. The van der Waals surface area contributed by atoms with Crippen LogP contribution in [0.2, 0.25) is 0 Å². The van der Waals surface area contributed by atoms with E-state index in [-0.39, 0.29) is 17.8 Å². The fraction of sp³-hybridized carbons (Fsp3) is 0.250. The molecule has 134 valence electrons. The Morgan fingerprint density at radius 1 is 1.15 bits per heavy atom. The highest BCUT2D eigenvalue weighted by atomic mass is 32.1. The number of rotatable bonds is 5. The second-order valence-electron chi connectivity index (χ2n) is 6.34. The molecule has 2 aromatic heterocycles. The molecular formula is C20H19FN2OS2. The number of hydrogen-bond acceptors (Lipinski definition) is 4. The van der Waals surface area contributed by atoms with Crippen molar-refractivity contribution in [3.05, 3.63) is 79.9 Å². The lowest BCUT2D eigenvalue weighted by Gasteiger charge is -2.34. The van der Waals surface area contributed by atoms with E-state index in [9.17, 15) is 9.18 Å². The third-order valence-electron chi connectivity index (χ3n) is 4.63. The molecule has 3 heterocycles. The van der Waals surface area contributed by atoms with Gasteiger partial charge in [-0.2, -0.15) is 0 Å². The van der Waals surface area contributed by atoms with Crippen LogP contribution in [-0.4, -0.2) is 23.9 Å². The van der Waals surface area contributed by atoms with Crippen molar-refractivity contribution < 1.29 is 9.18 Å². The van der Waals surface area contributed by atoms with Crippen LogP contribution in [0.4, 0.5) is 4.39 Å². The number of halogens is 1. The first-order valence-corrected chi connectivity index (χ1v) is 10.3. The van der Waals surface area contributed by atoms with Crippen LogP contribution in [0, 0.1) is 5.82 Å². The van der Waals surface area contributed by atoms with Crippen molar-refractivity contribution in [2.45, 2.75) is 19.0 Å². The number of fused-ring (bicyclic) bond motifs is 1. The zero-order chi connectivity index (χ0) is 17.9. The van der Waals surface area contributed by atoms with Gasteiger partial charge in [0.1, 0.15) is 5.82 Å². The maximum Gasteiger partial charge on any atom is 0.234 e. The van der Waals surface area contributed by atoms with Crippen molar-refractivity contribution in [1.29, 1.82) is 0 Å². The molecule has 0 aliphatic carbocycles. The van der Waals surface area contributed by atoms with Gasteiger partial charge in [0.25, 0.3) is 0 Å². The van der Waals surface area contributed by atoms with Gasteiger partial charge in [-0.25, -0.2) is 4.39 Å². The molecule has 0 bridgehead atoms. The predicted octanol–water partition coefficient (Wildman–Crippen LogP) is 4.21. The van der Waals surface area contributed by atoms with E-state index >= 15 is 0 Å². The second-order valence-corrected chi connectivity index (χ2v) is 8.32. The Kier molecular flexibility index (Phi) is 5.15. The smallest absolute Gasteiger partial charge is 0.234 e. The molecule has 1 aliphatic heterocycles. The lowest BCUT2D eigenvalue weighted by molar-refractivity contribution is -0.122. The number of thiophene rings is 2. The minimum Gasteiger partial charge on any atom is -0.351 e. The molecule has 0 spiro atoms. The number of nitrogens with one attached hydrogen (secondary N) is 1. The minimum absolute atomic E-state index is 0.00504. The van der Waals surface area contributed by atoms with Gasteiger partial charge in [-0.3, -0.25) is 9.69 Å². The molecule has 0 fully saturated rings. The van der Waals surface area contributed by atoms with Crippen molar-refractivity contribution in [3.63, 3.8) is 0 Å². The molecule has 1 N–H and O–H groups in total. The lowest BCUT2D eigenvalue weighted by atomic mass is 9.98. The molecule has 1 aliphatic rings. The topological polar surface area (TPSA) is 32.3 Å². The van der Waals surface area contributed by atoms with Crippen LogP contribution in [0.1, 0.15) is 26.9 Å². The van der Waals surface area contributed by atoms with Crippen molar-refractivity contribution in [3.8, 4) is 0 Å². The molecular weight excluding hydrogens is 367 g/mol. The van der Waals surface area contributed by atoms with E-state index in [2.05, 4.69) is 39.2 Å². The Morgan fingerprint density at radius 2 is 2.00 bits per heavy atom. The molecule has 1 aromatic carbocycles. The normalized spacial score (nSPS) is 17.0. The second kappa shape index (κ2) is 7.70. The van der Waals surface area contributed by atoms with Gasteiger partial charge in [0.2, 0.25) is 5.91 Å². The van der Waals surface area contributed by atoms with Crippen molar-refractivity contribution in [1.82, 2.24) is 10.2 Å². The number of benzene rings is 1. The number of carbonyl (C=O) groups is 1. The Bertz CT molecular complexity index is 874. The largest absolute Gasteiger partial charge is 0.351 e. The minimum atomic E-state index is -0.265. The van der Waals surface area contributed by atoms with E-state index in [1.165, 1.54) is 27.5 Å². The number of amides is 1. The van der Waals surface area contributed by atoms with Crippen molar-refractivity contribution in [2.75, 3.05) is 13.1 Å². The molecule has 0 saturated heterocycles. The van der Waals surface area contributed by atoms with Crippen LogP contribution in [0.15, 0.2) is 53.2 Å². The number of nitrogens with zero attached hydrogens (tertiary/aromatic N) is 1. The Morgan fingerprint density at radius 3 is 2.77 bits per heavy atom. The monoisotopic (exact) mass is 386 g/mol. The van der Waals surface area contributed by atoms with Crippen LogP contribution in [0.5, 0.6) is 0 Å². The molecule has 4 rings (SSSR count). The summed E-state index contributed by atoms with van der Waals surface area (Å²) in [5.74, 6) is -0.270. The first-order chi connectivity index (χ1) is 12.7. The van der Waals surface area contributed by atoms with Crippen molar-refractivity contribution >= 4 is 28.6 Å². The van der Waals surface area contributed by atoms with Crippen LogP contribution in [0.3, 0.4) is 0 Å². The highest BCUT2D eigenvalue weighted by Crippen LogP contribution is 2.39. The standard InChI is InChI=1S/C20H19FN2OS2/c21-15-5-3-14(4-6-15)12-22-19(24)13-23-9-7-17-16(8-11-26-17)20(23)18-2-1-10-25-18/h1-6,8,10-11,20H,7,9,12-13H2,(H,22,24)/t20-/m1/s1. The van der Waals surface area contributed by atoms with Gasteiger partial charge >= 0.3 is 0 Å². The first kappa shape index (κ1) is 17.4. The number of hydrogen-bond donors (Lipinski definition) is 1. The van der Waals surface area contributed by atoms with E-state index in [4.69, 9.17) is 0 Å². The lowest BCUT2D eigenvalue weighted by Crippen LogP contribution is -2.42. The van der Waals surface area contributed by atoms with Crippen LogP contribution in [0.25, 0.3) is 0 Å². The molecule has 1 amide bonds. The number of carbonyl (C=O) groups excluding carboxylic acids is 1. The summed E-state index contributed by atoms with van der Waals surface area (Å²) in [6.07, 6.45) is 0.986. The average Bonchev–Trinajstić information content (AvgIpc) is 3.33. The Hall–Kier alpha value is -2.02. The predicted molar refractivity (Wildman–Crippen MR) is 104 cm³/mol. The summed E-state index contributed by atoms with van der Waals surface area (Å²) < 4.78 is 13.0. The van der Waals surface area contributed by atoms with Gasteiger partial charge in [-0.05, 0) is 52.6 Å². The Labute approximate surface area is 160 Å². The van der Waals surface area contributed by atoms with E-state index in [0.29, 0.717) is 13.1 Å². The van der Waals surface area contributed by atoms with Gasteiger partial charge in [0.15, 0.2) is 0 Å². The average molecular weight is 387 g/mol. The third kappa shape index (κ3) is 3.72. The van der Waals surface area contributed by atoms with Crippen molar-refractivity contribution in [2.24, 2.45) is 0 Å². The SMILES string of the molecule is O=C(CN1CCc2sccc2[C@@H]1c1cccs1)NCc1ccc(F)cc1. The van der Waals surface area contributed by atoms with E-state index in [0.717, 1.165) is 18.5 Å². The molecule has 0 radical (unpaired) electrons. The summed E-state index contributed by atoms with van der Waals surface area (Å²) in [4.78, 5) is 17.4. The molecule has 6 heteroatoms. The highest BCUT2D eigenvalue weighted by molar-refractivity contribution is 7.10. The van der Waals surface area contributed by atoms with Crippen LogP contribution >= 0.6 is 22.7 Å². The van der Waals surface area contributed by atoms with E-state index in [1.807, 2.05) is 0 Å². The molecule has 1 atom stereocenters. The third-order valence-corrected chi connectivity index (χ3v) is 6.55. The molecule has 3 nitrogen and oxygen atoms in total. The maximum absolute atomic E-state index is 13.0. The fourth-order valence-electron chi connectivity index (χ4n) is 3.36. The Balaban J connectivity index is 1.44. The summed E-state index contributed by atoms with van der Waals surface area (Å²) in [7, 11) is 0. The van der Waals surface area contributed by atoms with Gasteiger partial charge in [0.05, 0.1) is 12.6 Å². The zero-order valence-corrected chi connectivity index (χ0v) is 15.8. The molecule has 26 heavy (non-hydrogen) atoms. The summed E-state index contributed by atoms with van der Waals surface area (Å²) >= 11 is 3.54. The van der Waals surface area contributed by atoms with Crippen LogP contribution in [-0.2, 0) is 17.8 Å². The summed E-state index contributed by atoms with van der Waals surface area (Å²) in [6.45, 7) is 1.65. The maximum atomic E-state index is 13.0. The summed E-state index contributed by atoms with van der Waals surface area (Å²) in [5, 5.41) is 7.18. The first-order valence-electron chi connectivity index (χ1n) is 8.55. The molecule has 3 aromatic rings. The van der Waals surface area contributed by atoms with E-state index in [1.54, 1.807) is 34.8 Å². The molecule has 0 unspecified atom stereocenters. The fourth-order valence-corrected chi connectivity index (χ4v) is 5.14. The molecule has 0 saturated carbocycles. The van der Waals surface area contributed by atoms with Gasteiger partial charge in [-0.1, -0.05) is 18.2 Å². The van der Waals surface area contributed by atoms with Crippen LogP contribution < -0.4 is 5.32 Å². The van der Waals surface area contributed by atoms with Gasteiger partial charge in [-0.15, -0.1) is 22.7 Å². The quantitative estimate of drug-likeness (QED) is 0.712. The zero-order valence-electron chi connectivity index (χ0n) is 14.2. The summed E-state index contributed by atoms with van der Waals surface area (Å²) in [5.41, 5.74) is 2.23. The van der Waals surface area contributed by atoms with Gasteiger partial charge in [0, 0.05) is 22.8 Å². The highest BCUT2D eigenvalue weighted by Gasteiger charge is 2.31. The van der Waals surface area contributed by atoms with Gasteiger partial charge < -0.3 is 5.32 Å². The van der Waals surface area contributed by atoms with E-state index < -0.39 is 0 Å².